The van der Waals surface area contributed by atoms with Crippen molar-refractivity contribution in [3.8, 4) is 0 Å². The van der Waals surface area contributed by atoms with Crippen LogP contribution in [0.5, 0.6) is 0 Å². The van der Waals surface area contributed by atoms with Gasteiger partial charge in [-0.1, -0.05) is 77.0 Å². The second-order valence-corrected chi connectivity index (χ2v) is 12.1. The number of carbonyl (C=O) groups is 2. The van der Waals surface area contributed by atoms with Gasteiger partial charge in [-0.15, -0.1) is 0 Å². The van der Waals surface area contributed by atoms with Crippen molar-refractivity contribution in [3.05, 3.63) is 0 Å². The Kier molecular flexibility index (Phi) is 31.4. The van der Waals surface area contributed by atoms with E-state index in [9.17, 15) is 9.59 Å². The zero-order valence-electron chi connectivity index (χ0n) is 23.6. The normalized spacial score (nSPS) is 11.1. The molecule has 0 radical (unpaired) electrons. The number of ether oxygens (including phenoxy) is 2. The molecule has 0 aromatic carbocycles. The van der Waals surface area contributed by atoms with Gasteiger partial charge in [0.05, 0.1) is 19.8 Å². The summed E-state index contributed by atoms with van der Waals surface area (Å²) in [6, 6.07) is 0. The fraction of sp³-hybridized carbons (Fsp3) is 0.931. The smallest absolute Gasteiger partial charge is 0.305 e. The molecule has 0 saturated carbocycles. The average molecular weight is 564 g/mol. The van der Waals surface area contributed by atoms with Crippen LogP contribution in [0.25, 0.3) is 0 Å². The van der Waals surface area contributed by atoms with E-state index in [-0.39, 0.29) is 18.5 Å². The van der Waals surface area contributed by atoms with Gasteiger partial charge in [0.25, 0.3) is 0 Å². The number of hydrogen-bond donors (Lipinski definition) is 2. The van der Waals surface area contributed by atoms with Gasteiger partial charge in [-0.3, -0.25) is 9.59 Å². The first-order valence-corrected chi connectivity index (χ1v) is 17.3. The van der Waals surface area contributed by atoms with E-state index in [1.54, 1.807) is 0 Å². The summed E-state index contributed by atoms with van der Waals surface area (Å²) < 4.78 is 10.5. The number of unbranched alkanes of at least 4 members (excludes halogenated alkanes) is 14. The molecule has 0 aromatic heterocycles. The third-order valence-corrected chi connectivity index (χ3v) is 8.30. The lowest BCUT2D eigenvalue weighted by molar-refractivity contribution is -0.146. The predicted octanol–water partition coefficient (Wildman–Crippen LogP) is 6.90. The predicted molar refractivity (Wildman–Crippen MR) is 160 cm³/mol. The highest BCUT2D eigenvalue weighted by atomic mass is 32.2. The number of carbonyl (C=O) groups excluding carboxylic acids is 2. The Morgan fingerprint density at radius 1 is 0.514 bits per heavy atom. The molecule has 8 heteroatoms. The van der Waals surface area contributed by atoms with Crippen LogP contribution in [-0.4, -0.2) is 66.4 Å². The first kappa shape index (κ1) is 36.6. The molecule has 0 aliphatic rings. The first-order valence-electron chi connectivity index (χ1n) is 15.0. The zero-order chi connectivity index (χ0) is 27.1. The van der Waals surface area contributed by atoms with E-state index in [0.29, 0.717) is 32.5 Å². The Morgan fingerprint density at radius 3 is 1.30 bits per heavy atom. The summed E-state index contributed by atoms with van der Waals surface area (Å²) in [5, 5.41) is 8.73. The minimum Gasteiger partial charge on any atom is -0.466 e. The fourth-order valence-corrected chi connectivity index (χ4v) is 5.52. The van der Waals surface area contributed by atoms with Gasteiger partial charge < -0.3 is 20.3 Å². The van der Waals surface area contributed by atoms with Crippen molar-refractivity contribution in [1.29, 1.82) is 0 Å². The Morgan fingerprint density at radius 2 is 0.892 bits per heavy atom. The molecule has 0 aliphatic carbocycles. The van der Waals surface area contributed by atoms with E-state index in [4.69, 9.17) is 20.3 Å². The van der Waals surface area contributed by atoms with Gasteiger partial charge in [0, 0.05) is 37.3 Å². The van der Waals surface area contributed by atoms with Gasteiger partial charge in [0.1, 0.15) is 0 Å². The minimum atomic E-state index is -0.141. The standard InChI is InChI=1S/C29H57NO5S2/c30-20-26-36-24-15-11-7-3-1-5-9-13-18-28(32)34-22-17-23-35-29(33)19-14-10-6-2-4-8-12-16-25-37-27-21-31/h31H,1-27,30H2. The van der Waals surface area contributed by atoms with E-state index < -0.39 is 0 Å². The van der Waals surface area contributed by atoms with Gasteiger partial charge in [-0.05, 0) is 37.2 Å². The molecule has 0 aliphatic heterocycles. The lowest BCUT2D eigenvalue weighted by Crippen LogP contribution is -2.10. The molecule has 0 spiro atoms. The van der Waals surface area contributed by atoms with E-state index in [1.807, 2.05) is 23.5 Å². The molecule has 0 heterocycles. The number of aliphatic hydroxyl groups is 1. The second-order valence-electron chi connectivity index (χ2n) is 9.69. The molecule has 220 valence electrons. The molecule has 0 unspecified atom stereocenters. The van der Waals surface area contributed by atoms with Gasteiger partial charge in [0.15, 0.2) is 0 Å². The Balaban J connectivity index is 3.27. The Labute approximate surface area is 236 Å². The van der Waals surface area contributed by atoms with Crippen LogP contribution in [0.4, 0.5) is 0 Å². The van der Waals surface area contributed by atoms with Crippen molar-refractivity contribution < 1.29 is 24.2 Å². The second kappa shape index (κ2) is 31.8. The van der Waals surface area contributed by atoms with Crippen molar-refractivity contribution in [2.75, 3.05) is 49.4 Å². The summed E-state index contributed by atoms with van der Waals surface area (Å²) in [6.07, 6.45) is 20.6. The molecule has 0 amide bonds. The lowest BCUT2D eigenvalue weighted by Gasteiger charge is -2.07. The first-order chi connectivity index (χ1) is 18.2. The SMILES string of the molecule is NCCSCCCCCCCCCCC(=O)OCCCOC(=O)CCCCCCCCCCSCCO. The lowest BCUT2D eigenvalue weighted by atomic mass is 10.1. The number of hydrogen-bond acceptors (Lipinski definition) is 8. The molecule has 0 bridgehead atoms. The maximum absolute atomic E-state index is 11.8. The fourth-order valence-electron chi connectivity index (χ4n) is 4.00. The van der Waals surface area contributed by atoms with Crippen molar-refractivity contribution in [3.63, 3.8) is 0 Å². The van der Waals surface area contributed by atoms with Crippen molar-refractivity contribution in [2.45, 2.75) is 122 Å². The number of esters is 2. The van der Waals surface area contributed by atoms with Crippen LogP contribution in [0.3, 0.4) is 0 Å². The van der Waals surface area contributed by atoms with E-state index in [1.165, 1.54) is 82.8 Å². The third-order valence-electron chi connectivity index (χ3n) is 6.15. The minimum absolute atomic E-state index is 0.137. The quantitative estimate of drug-likeness (QED) is 0.0719. The largest absolute Gasteiger partial charge is 0.466 e. The molecule has 0 saturated heterocycles. The third kappa shape index (κ3) is 31.7. The van der Waals surface area contributed by atoms with Crippen molar-refractivity contribution in [1.82, 2.24) is 0 Å². The molecule has 0 rings (SSSR count). The highest BCUT2D eigenvalue weighted by Crippen LogP contribution is 2.13. The Hall–Kier alpha value is -0.440. The number of nitrogens with two attached hydrogens (primary N) is 1. The van der Waals surface area contributed by atoms with Gasteiger partial charge >= 0.3 is 11.9 Å². The molecule has 0 atom stereocenters. The van der Waals surface area contributed by atoms with Crippen LogP contribution < -0.4 is 5.73 Å². The highest BCUT2D eigenvalue weighted by molar-refractivity contribution is 7.99. The van der Waals surface area contributed by atoms with Crippen LogP contribution in [-0.2, 0) is 19.1 Å². The van der Waals surface area contributed by atoms with Crippen molar-refractivity contribution >= 4 is 35.5 Å². The monoisotopic (exact) mass is 563 g/mol. The molecule has 6 nitrogen and oxygen atoms in total. The van der Waals surface area contributed by atoms with Crippen LogP contribution >= 0.6 is 23.5 Å². The zero-order valence-corrected chi connectivity index (χ0v) is 25.2. The van der Waals surface area contributed by atoms with E-state index in [0.717, 1.165) is 49.5 Å². The number of rotatable bonds is 30. The van der Waals surface area contributed by atoms with Gasteiger partial charge in [-0.2, -0.15) is 23.5 Å². The molecule has 0 fully saturated rings. The maximum Gasteiger partial charge on any atom is 0.305 e. The van der Waals surface area contributed by atoms with Gasteiger partial charge in [-0.25, -0.2) is 0 Å². The number of aliphatic hydroxyl groups excluding tert-OH is 1. The molecule has 3 N–H and O–H groups in total. The average Bonchev–Trinajstić information content (AvgIpc) is 2.89. The molecular formula is C29H57NO5S2. The van der Waals surface area contributed by atoms with Crippen LogP contribution in [0.1, 0.15) is 122 Å². The van der Waals surface area contributed by atoms with Crippen LogP contribution in [0, 0.1) is 0 Å². The van der Waals surface area contributed by atoms with E-state index >= 15 is 0 Å². The molecule has 37 heavy (non-hydrogen) atoms. The molecule has 0 aromatic rings. The molecular weight excluding hydrogens is 506 g/mol. The summed E-state index contributed by atoms with van der Waals surface area (Å²) in [7, 11) is 0. The Bertz CT molecular complexity index is 455. The van der Waals surface area contributed by atoms with E-state index in [2.05, 4.69) is 0 Å². The summed E-state index contributed by atoms with van der Waals surface area (Å²) in [5.41, 5.74) is 5.49. The summed E-state index contributed by atoms with van der Waals surface area (Å²) in [4.78, 5) is 23.6. The van der Waals surface area contributed by atoms with Crippen LogP contribution in [0.15, 0.2) is 0 Å². The summed E-state index contributed by atoms with van der Waals surface area (Å²) in [6.45, 7) is 1.72. The van der Waals surface area contributed by atoms with Crippen LogP contribution in [0.2, 0.25) is 0 Å². The topological polar surface area (TPSA) is 98.9 Å². The highest BCUT2D eigenvalue weighted by Gasteiger charge is 2.05. The summed E-state index contributed by atoms with van der Waals surface area (Å²) >= 11 is 3.78. The number of thioether (sulfide) groups is 2. The summed E-state index contributed by atoms with van der Waals surface area (Å²) in [5.74, 6) is 4.04. The maximum atomic E-state index is 11.8. The van der Waals surface area contributed by atoms with Gasteiger partial charge in [0.2, 0.25) is 0 Å². The van der Waals surface area contributed by atoms with Crippen molar-refractivity contribution in [2.24, 2.45) is 5.73 Å².